The molecule has 0 rings (SSSR count). The monoisotopic (exact) mass is 351 g/mol. The summed E-state index contributed by atoms with van der Waals surface area (Å²) in [4.78, 5) is 1.99. The lowest BCUT2D eigenvalue weighted by atomic mass is 10.0. The molecular formula is C19H42ClNO2. The van der Waals surface area contributed by atoms with Crippen molar-refractivity contribution in [1.29, 1.82) is 0 Å². The van der Waals surface area contributed by atoms with E-state index in [1.807, 2.05) is 11.9 Å². The largest absolute Gasteiger partial charge is 0.367 e. The molecule has 23 heavy (non-hydrogen) atoms. The Bertz CT molecular complexity index is 216. The molecule has 0 spiro atoms. The molecule has 0 heterocycles. The Kier molecular flexibility index (Phi) is 22.3. The van der Waals surface area contributed by atoms with Crippen LogP contribution in [0.25, 0.3) is 0 Å². The first kappa shape index (κ1) is 25.4. The second-order valence-electron chi connectivity index (χ2n) is 6.84. The minimum atomic E-state index is -1.20. The Morgan fingerprint density at radius 3 is 1.35 bits per heavy atom. The first-order chi connectivity index (χ1) is 10.7. The molecule has 0 aromatic rings. The smallest absolute Gasteiger partial charge is 0.164 e. The molecule has 0 bridgehead atoms. The molecule has 0 fully saturated rings. The van der Waals surface area contributed by atoms with Crippen LogP contribution >= 0.6 is 12.4 Å². The first-order valence-corrected chi connectivity index (χ1v) is 9.71. The van der Waals surface area contributed by atoms with Crippen molar-refractivity contribution in [3.05, 3.63) is 0 Å². The van der Waals surface area contributed by atoms with E-state index in [1.54, 1.807) is 0 Å². The molecule has 0 aromatic heterocycles. The average Bonchev–Trinajstić information content (AvgIpc) is 2.47. The summed E-state index contributed by atoms with van der Waals surface area (Å²) in [6.45, 7) is 3.60. The van der Waals surface area contributed by atoms with Gasteiger partial charge in [-0.05, 0) is 20.0 Å². The van der Waals surface area contributed by atoms with E-state index in [-0.39, 0.29) is 12.4 Å². The van der Waals surface area contributed by atoms with Gasteiger partial charge >= 0.3 is 0 Å². The molecule has 0 atom stereocenters. The van der Waals surface area contributed by atoms with Crippen molar-refractivity contribution in [2.24, 2.45) is 0 Å². The highest BCUT2D eigenvalue weighted by Crippen LogP contribution is 2.12. The van der Waals surface area contributed by atoms with Gasteiger partial charge in [-0.25, -0.2) is 0 Å². The van der Waals surface area contributed by atoms with E-state index >= 15 is 0 Å². The molecule has 0 saturated heterocycles. The number of rotatable bonds is 17. The molecule has 0 amide bonds. The van der Waals surface area contributed by atoms with Crippen LogP contribution in [-0.2, 0) is 0 Å². The van der Waals surface area contributed by atoms with E-state index in [9.17, 15) is 0 Å². The maximum absolute atomic E-state index is 8.85. The predicted octanol–water partition coefficient (Wildman–Crippen LogP) is 5.13. The Labute approximate surface area is 151 Å². The molecule has 0 aliphatic heterocycles. The van der Waals surface area contributed by atoms with E-state index in [1.165, 1.54) is 89.9 Å². The molecule has 0 radical (unpaired) electrons. The number of nitrogens with zero attached hydrogens (tertiary/aromatic N) is 1. The number of hydrogen-bond acceptors (Lipinski definition) is 3. The zero-order chi connectivity index (χ0) is 16.5. The van der Waals surface area contributed by atoms with Crippen molar-refractivity contribution in [3.63, 3.8) is 0 Å². The Morgan fingerprint density at radius 1 is 0.652 bits per heavy atom. The molecule has 0 aromatic carbocycles. The van der Waals surface area contributed by atoms with Crippen LogP contribution < -0.4 is 0 Å². The lowest BCUT2D eigenvalue weighted by Gasteiger charge is -2.17. The minimum absolute atomic E-state index is 0. The average molecular weight is 352 g/mol. The van der Waals surface area contributed by atoms with E-state index in [4.69, 9.17) is 10.2 Å². The minimum Gasteiger partial charge on any atom is -0.367 e. The number of halogens is 1. The van der Waals surface area contributed by atoms with Crippen molar-refractivity contribution in [1.82, 2.24) is 4.90 Å². The summed E-state index contributed by atoms with van der Waals surface area (Å²) in [5, 5.41) is 17.7. The normalized spacial score (nSPS) is 11.2. The van der Waals surface area contributed by atoms with Crippen LogP contribution in [0, 0.1) is 0 Å². The number of likely N-dealkylation sites (N-methyl/N-ethyl adjacent to an activating group) is 1. The molecule has 3 nitrogen and oxygen atoms in total. The fourth-order valence-corrected chi connectivity index (χ4v) is 2.95. The predicted molar refractivity (Wildman–Crippen MR) is 103 cm³/mol. The van der Waals surface area contributed by atoms with E-state index in [0.717, 1.165) is 6.54 Å². The zero-order valence-corrected chi connectivity index (χ0v) is 16.5. The van der Waals surface area contributed by atoms with Crippen molar-refractivity contribution in [2.45, 2.75) is 103 Å². The Balaban J connectivity index is 0. The van der Waals surface area contributed by atoms with Gasteiger partial charge in [-0.2, -0.15) is 0 Å². The van der Waals surface area contributed by atoms with E-state index in [0.29, 0.717) is 6.54 Å². The maximum Gasteiger partial charge on any atom is 0.164 e. The molecule has 142 valence electrons. The first-order valence-electron chi connectivity index (χ1n) is 9.71. The summed E-state index contributed by atoms with van der Waals surface area (Å²) >= 11 is 0. The molecule has 0 unspecified atom stereocenters. The maximum atomic E-state index is 8.85. The van der Waals surface area contributed by atoms with E-state index in [2.05, 4.69) is 6.92 Å². The fraction of sp³-hybridized carbons (Fsp3) is 1.00. The lowest BCUT2D eigenvalue weighted by Crippen LogP contribution is -2.29. The van der Waals surface area contributed by atoms with Crippen LogP contribution in [-0.4, -0.2) is 41.5 Å². The van der Waals surface area contributed by atoms with Gasteiger partial charge < -0.3 is 15.1 Å². The van der Waals surface area contributed by atoms with E-state index < -0.39 is 6.29 Å². The van der Waals surface area contributed by atoms with Crippen LogP contribution in [0.5, 0.6) is 0 Å². The summed E-state index contributed by atoms with van der Waals surface area (Å²) in [6, 6.07) is 0. The molecule has 4 heteroatoms. The molecule has 0 saturated carbocycles. The quantitative estimate of drug-likeness (QED) is 0.282. The molecular weight excluding hydrogens is 310 g/mol. The second kappa shape index (κ2) is 20.2. The van der Waals surface area contributed by atoms with Gasteiger partial charge in [0.25, 0.3) is 0 Å². The van der Waals surface area contributed by atoms with Gasteiger partial charge in [-0.1, -0.05) is 90.4 Å². The SMILES string of the molecule is CCCCCCCCCCCCCCCCN(C)CC(O)O.Cl. The standard InChI is InChI=1S/C19H41NO2.ClH/c1-3-4-5-6-7-8-9-10-11-12-13-14-15-16-17-20(2)18-19(21)22;/h19,21-22H,3-18H2,1-2H3;1H. The van der Waals surface area contributed by atoms with Crippen molar-refractivity contribution < 1.29 is 10.2 Å². The summed E-state index contributed by atoms with van der Waals surface area (Å²) < 4.78 is 0. The van der Waals surface area contributed by atoms with Crippen molar-refractivity contribution in [3.8, 4) is 0 Å². The molecule has 0 aliphatic carbocycles. The van der Waals surface area contributed by atoms with Gasteiger partial charge in [0.05, 0.1) is 0 Å². The third-order valence-corrected chi connectivity index (χ3v) is 4.37. The molecule has 2 N–H and O–H groups in total. The summed E-state index contributed by atoms with van der Waals surface area (Å²) in [7, 11) is 1.95. The topological polar surface area (TPSA) is 43.7 Å². The van der Waals surface area contributed by atoms with Crippen LogP contribution in [0.15, 0.2) is 0 Å². The Hall–Kier alpha value is 0.170. The number of hydrogen-bond donors (Lipinski definition) is 2. The van der Waals surface area contributed by atoms with Crippen LogP contribution in [0.3, 0.4) is 0 Å². The number of unbranched alkanes of at least 4 members (excludes halogenated alkanes) is 13. The van der Waals surface area contributed by atoms with Gasteiger partial charge in [0.2, 0.25) is 0 Å². The number of aliphatic hydroxyl groups is 2. The van der Waals surface area contributed by atoms with Crippen molar-refractivity contribution >= 4 is 12.4 Å². The zero-order valence-electron chi connectivity index (χ0n) is 15.6. The lowest BCUT2D eigenvalue weighted by molar-refractivity contribution is -0.0573. The third-order valence-electron chi connectivity index (χ3n) is 4.37. The van der Waals surface area contributed by atoms with Crippen LogP contribution in [0.2, 0.25) is 0 Å². The van der Waals surface area contributed by atoms with Gasteiger partial charge in [-0.3, -0.25) is 0 Å². The van der Waals surface area contributed by atoms with Crippen LogP contribution in [0.4, 0.5) is 0 Å². The van der Waals surface area contributed by atoms with Gasteiger partial charge in [-0.15, -0.1) is 12.4 Å². The highest BCUT2D eigenvalue weighted by atomic mass is 35.5. The van der Waals surface area contributed by atoms with Gasteiger partial charge in [0, 0.05) is 6.54 Å². The second-order valence-corrected chi connectivity index (χ2v) is 6.84. The van der Waals surface area contributed by atoms with Crippen LogP contribution in [0.1, 0.15) is 96.8 Å². The Morgan fingerprint density at radius 2 is 1.00 bits per heavy atom. The van der Waals surface area contributed by atoms with Gasteiger partial charge in [0.15, 0.2) is 6.29 Å². The summed E-state index contributed by atoms with van der Waals surface area (Å²) in [5.74, 6) is 0. The summed E-state index contributed by atoms with van der Waals surface area (Å²) in [5.41, 5.74) is 0. The number of aliphatic hydroxyl groups excluding tert-OH is 1. The highest BCUT2D eigenvalue weighted by Gasteiger charge is 2.03. The third kappa shape index (κ3) is 22.2. The fourth-order valence-electron chi connectivity index (χ4n) is 2.95. The van der Waals surface area contributed by atoms with Gasteiger partial charge in [0.1, 0.15) is 0 Å². The highest BCUT2D eigenvalue weighted by molar-refractivity contribution is 5.85. The summed E-state index contributed by atoms with van der Waals surface area (Å²) in [6.07, 6.45) is 18.1. The molecule has 0 aliphatic rings. The van der Waals surface area contributed by atoms with Crippen molar-refractivity contribution in [2.75, 3.05) is 20.1 Å².